The number of ketones is 1. The fraction of sp³-hybridized carbons (Fsp3) is 0.0625. The summed E-state index contributed by atoms with van der Waals surface area (Å²) in [6, 6.07) is 8.98. The largest absolute Gasteiger partial charge is 0.478 e. The highest BCUT2D eigenvalue weighted by atomic mass is 32.2. The summed E-state index contributed by atoms with van der Waals surface area (Å²) < 4.78 is 26.4. The van der Waals surface area contributed by atoms with Crippen LogP contribution in [0.1, 0.15) is 17.3 Å². The Labute approximate surface area is 140 Å². The van der Waals surface area contributed by atoms with Crippen LogP contribution in [-0.4, -0.2) is 21.9 Å². The van der Waals surface area contributed by atoms with E-state index in [2.05, 4.69) is 10.5 Å². The topological polar surface area (TPSA) is 78.8 Å². The quantitative estimate of drug-likeness (QED) is 0.371. The maximum Gasteiger partial charge on any atom is 0.336 e. The zero-order valence-corrected chi connectivity index (χ0v) is 13.2. The van der Waals surface area contributed by atoms with Gasteiger partial charge in [-0.05, 0) is 24.3 Å². The molecular formula is C16H12F2N2O3S. The minimum absolute atomic E-state index is 0.0180. The number of anilines is 1. The van der Waals surface area contributed by atoms with Crippen molar-refractivity contribution < 1.29 is 23.5 Å². The molecule has 0 aliphatic rings. The first kappa shape index (κ1) is 17.6. The predicted molar refractivity (Wildman–Crippen MR) is 87.4 cm³/mol. The van der Waals surface area contributed by atoms with Gasteiger partial charge in [0.05, 0.1) is 11.3 Å². The number of nitrogens with zero attached hydrogens (tertiary/aromatic N) is 1. The van der Waals surface area contributed by atoms with Gasteiger partial charge >= 0.3 is 5.97 Å². The number of hydrazone groups is 1. The SMILES string of the molecule is CC(=O)/C(=N\Nc1ccc(F)cc1F)Sc1ccccc1C(=O)O. The van der Waals surface area contributed by atoms with Gasteiger partial charge in [-0.15, -0.1) is 0 Å². The molecule has 124 valence electrons. The average molecular weight is 350 g/mol. The molecule has 0 heterocycles. The number of hydrogen-bond acceptors (Lipinski definition) is 5. The van der Waals surface area contributed by atoms with Crippen LogP contribution in [-0.2, 0) is 4.79 Å². The van der Waals surface area contributed by atoms with Crippen LogP contribution >= 0.6 is 11.8 Å². The Morgan fingerprint density at radius 3 is 2.50 bits per heavy atom. The summed E-state index contributed by atoms with van der Waals surface area (Å²) in [5.74, 6) is -3.18. The van der Waals surface area contributed by atoms with Crippen molar-refractivity contribution in [3.63, 3.8) is 0 Å². The zero-order chi connectivity index (χ0) is 17.7. The molecule has 0 atom stereocenters. The number of thioether (sulfide) groups is 1. The number of halogens is 2. The third-order valence-electron chi connectivity index (χ3n) is 2.83. The molecule has 0 unspecified atom stereocenters. The molecule has 0 bridgehead atoms. The van der Waals surface area contributed by atoms with E-state index in [4.69, 9.17) is 5.11 Å². The van der Waals surface area contributed by atoms with E-state index in [0.29, 0.717) is 11.0 Å². The van der Waals surface area contributed by atoms with Crippen LogP contribution < -0.4 is 5.43 Å². The number of benzene rings is 2. The Morgan fingerprint density at radius 2 is 1.88 bits per heavy atom. The van der Waals surface area contributed by atoms with Crippen molar-refractivity contribution in [3.05, 3.63) is 59.7 Å². The molecule has 0 radical (unpaired) electrons. The van der Waals surface area contributed by atoms with Crippen LogP contribution in [0.25, 0.3) is 0 Å². The number of rotatable bonds is 5. The molecule has 24 heavy (non-hydrogen) atoms. The van der Waals surface area contributed by atoms with E-state index in [1.54, 1.807) is 12.1 Å². The van der Waals surface area contributed by atoms with Crippen molar-refractivity contribution in [1.29, 1.82) is 0 Å². The number of carbonyl (C=O) groups excluding carboxylic acids is 1. The van der Waals surface area contributed by atoms with Crippen molar-refractivity contribution >= 4 is 34.2 Å². The molecule has 2 N–H and O–H groups in total. The summed E-state index contributed by atoms with van der Waals surface area (Å²) in [6.07, 6.45) is 0. The third kappa shape index (κ3) is 4.39. The smallest absolute Gasteiger partial charge is 0.336 e. The summed E-state index contributed by atoms with van der Waals surface area (Å²) in [4.78, 5) is 23.2. The second-order valence-corrected chi connectivity index (χ2v) is 5.64. The fourth-order valence-corrected chi connectivity index (χ4v) is 2.56. The van der Waals surface area contributed by atoms with Gasteiger partial charge in [-0.2, -0.15) is 5.10 Å². The molecule has 5 nitrogen and oxygen atoms in total. The van der Waals surface area contributed by atoms with Crippen molar-refractivity contribution in [1.82, 2.24) is 0 Å². The minimum Gasteiger partial charge on any atom is -0.478 e. The van der Waals surface area contributed by atoms with Gasteiger partial charge in [-0.1, -0.05) is 23.9 Å². The van der Waals surface area contributed by atoms with Gasteiger partial charge in [-0.3, -0.25) is 10.2 Å². The highest BCUT2D eigenvalue weighted by Crippen LogP contribution is 2.25. The van der Waals surface area contributed by atoms with E-state index < -0.39 is 23.4 Å². The molecule has 0 saturated heterocycles. The summed E-state index contributed by atoms with van der Waals surface area (Å²) in [5, 5.41) is 12.9. The summed E-state index contributed by atoms with van der Waals surface area (Å²) in [5.41, 5.74) is 2.26. The lowest BCUT2D eigenvalue weighted by molar-refractivity contribution is -0.110. The number of hydrogen-bond donors (Lipinski definition) is 2. The first-order chi connectivity index (χ1) is 11.4. The number of nitrogens with one attached hydrogen (secondary N) is 1. The van der Waals surface area contributed by atoms with Crippen molar-refractivity contribution in [2.75, 3.05) is 5.43 Å². The minimum atomic E-state index is -1.14. The lowest BCUT2D eigenvalue weighted by Crippen LogP contribution is -2.10. The fourth-order valence-electron chi connectivity index (χ4n) is 1.70. The predicted octanol–water partition coefficient (Wildman–Crippen LogP) is 3.77. The molecule has 2 aromatic carbocycles. The Morgan fingerprint density at radius 1 is 1.17 bits per heavy atom. The van der Waals surface area contributed by atoms with E-state index in [0.717, 1.165) is 23.9 Å². The Kier molecular flexibility index (Phi) is 5.64. The van der Waals surface area contributed by atoms with E-state index in [-0.39, 0.29) is 16.3 Å². The van der Waals surface area contributed by atoms with Crippen LogP contribution in [0.4, 0.5) is 14.5 Å². The lowest BCUT2D eigenvalue weighted by atomic mass is 10.2. The molecule has 0 aromatic heterocycles. The van der Waals surface area contributed by atoms with Crippen LogP contribution in [0.3, 0.4) is 0 Å². The van der Waals surface area contributed by atoms with Crippen LogP contribution in [0.5, 0.6) is 0 Å². The standard InChI is InChI=1S/C16H12F2N2O3S/c1-9(21)15(20-19-13-7-6-10(17)8-12(13)18)24-14-5-3-2-4-11(14)16(22)23/h2-8,19H,1H3,(H,22,23)/b20-15+. The second-order valence-electron chi connectivity index (χ2n) is 4.61. The van der Waals surface area contributed by atoms with E-state index in [1.807, 2.05) is 0 Å². The highest BCUT2D eigenvalue weighted by Gasteiger charge is 2.15. The Hall–Kier alpha value is -2.74. The van der Waals surface area contributed by atoms with Crippen LogP contribution in [0, 0.1) is 11.6 Å². The molecule has 8 heteroatoms. The van der Waals surface area contributed by atoms with Crippen molar-refractivity contribution in [3.8, 4) is 0 Å². The first-order valence-corrected chi connectivity index (χ1v) is 7.50. The molecule has 0 aliphatic carbocycles. The number of carboxylic acid groups (broad SMARTS) is 1. The zero-order valence-electron chi connectivity index (χ0n) is 12.4. The van der Waals surface area contributed by atoms with Crippen LogP contribution in [0.2, 0.25) is 0 Å². The van der Waals surface area contributed by atoms with Gasteiger partial charge < -0.3 is 5.11 Å². The van der Waals surface area contributed by atoms with Crippen molar-refractivity contribution in [2.45, 2.75) is 11.8 Å². The van der Waals surface area contributed by atoms with Gasteiger partial charge in [0.25, 0.3) is 0 Å². The van der Waals surface area contributed by atoms with E-state index in [1.165, 1.54) is 19.1 Å². The number of aromatic carboxylic acids is 1. The maximum atomic E-state index is 13.6. The average Bonchev–Trinajstić information content (AvgIpc) is 2.52. The molecule has 0 saturated carbocycles. The van der Waals surface area contributed by atoms with Gasteiger partial charge in [0.2, 0.25) is 0 Å². The second kappa shape index (κ2) is 7.69. The Balaban J connectivity index is 2.27. The molecule has 0 fully saturated rings. The normalized spacial score (nSPS) is 11.2. The van der Waals surface area contributed by atoms with Gasteiger partial charge in [0, 0.05) is 17.9 Å². The van der Waals surface area contributed by atoms with Gasteiger partial charge in [-0.25, -0.2) is 13.6 Å². The molecule has 2 aromatic rings. The summed E-state index contributed by atoms with van der Waals surface area (Å²) >= 11 is 0.841. The third-order valence-corrected chi connectivity index (χ3v) is 3.98. The van der Waals surface area contributed by atoms with Gasteiger partial charge in [0.15, 0.2) is 16.6 Å². The van der Waals surface area contributed by atoms with Crippen LogP contribution in [0.15, 0.2) is 52.5 Å². The first-order valence-electron chi connectivity index (χ1n) is 6.68. The highest BCUT2D eigenvalue weighted by molar-refractivity contribution is 8.15. The number of carboxylic acids is 1. The molecular weight excluding hydrogens is 338 g/mol. The van der Waals surface area contributed by atoms with E-state index >= 15 is 0 Å². The number of Topliss-reactive ketones (excluding diaryl/α,β-unsaturated/α-hetero) is 1. The molecule has 0 spiro atoms. The van der Waals surface area contributed by atoms with E-state index in [9.17, 15) is 18.4 Å². The monoisotopic (exact) mass is 350 g/mol. The maximum absolute atomic E-state index is 13.6. The molecule has 0 aliphatic heterocycles. The van der Waals surface area contributed by atoms with Gasteiger partial charge in [0.1, 0.15) is 5.82 Å². The van der Waals surface area contributed by atoms with Crippen molar-refractivity contribution in [2.24, 2.45) is 5.10 Å². The number of carbonyl (C=O) groups is 2. The lowest BCUT2D eigenvalue weighted by Gasteiger charge is -2.07. The molecule has 0 amide bonds. The summed E-state index contributed by atoms with van der Waals surface area (Å²) in [7, 11) is 0. The molecule has 2 rings (SSSR count). The summed E-state index contributed by atoms with van der Waals surface area (Å²) in [6.45, 7) is 1.25. The Bertz CT molecular complexity index is 825.